The Morgan fingerprint density at radius 3 is 1.91 bits per heavy atom. The molecule has 0 spiro atoms. The SMILES string of the molecule is c1ccc(N(c2ccccc2)c2ccc(-c3ccc4cc3sc3ccc5cccc(c5c3)c3ccccc3[nH]4)cc2)cc1. The summed E-state index contributed by atoms with van der Waals surface area (Å²) >= 11 is 1.82. The molecule has 0 aliphatic heterocycles. The van der Waals surface area contributed by atoms with Crippen molar-refractivity contribution in [3.63, 3.8) is 0 Å². The molecule has 0 aliphatic rings. The van der Waals surface area contributed by atoms with Crippen LogP contribution >= 0.6 is 11.3 Å². The maximum Gasteiger partial charge on any atom is 0.0464 e. The van der Waals surface area contributed by atoms with Gasteiger partial charge in [-0.3, -0.25) is 0 Å². The highest BCUT2D eigenvalue weighted by molar-refractivity contribution is 7.23. The Kier molecular flexibility index (Phi) is 6.36. The third kappa shape index (κ3) is 4.80. The highest BCUT2D eigenvalue weighted by atomic mass is 32.1. The van der Waals surface area contributed by atoms with Crippen LogP contribution in [-0.4, -0.2) is 4.98 Å². The number of fused-ring (bicyclic) bond motifs is 5. The van der Waals surface area contributed by atoms with Crippen LogP contribution in [-0.2, 0) is 0 Å². The van der Waals surface area contributed by atoms with Crippen molar-refractivity contribution >= 4 is 70.4 Å². The van der Waals surface area contributed by atoms with E-state index in [4.69, 9.17) is 0 Å². The van der Waals surface area contributed by atoms with Crippen molar-refractivity contribution in [2.24, 2.45) is 0 Å². The molecule has 4 bridgehead atoms. The molecule has 0 aliphatic carbocycles. The van der Waals surface area contributed by atoms with E-state index in [-0.39, 0.29) is 0 Å². The fraction of sp³-hybridized carbons (Fsp3) is 0. The van der Waals surface area contributed by atoms with Crippen LogP contribution < -0.4 is 4.90 Å². The number of para-hydroxylation sites is 3. The lowest BCUT2D eigenvalue weighted by molar-refractivity contribution is 1.28. The zero-order valence-electron chi connectivity index (χ0n) is 23.4. The number of hydrogen-bond donors (Lipinski definition) is 1. The van der Waals surface area contributed by atoms with Gasteiger partial charge in [0.15, 0.2) is 0 Å². The second-order valence-electron chi connectivity index (χ2n) is 10.7. The van der Waals surface area contributed by atoms with Gasteiger partial charge in [0.05, 0.1) is 0 Å². The standard InChI is InChI=1S/C40H28N2S/c1-3-11-31(12-4-1)42(32-13-5-2-6-14-32)33-22-18-29(19-23-33)35-25-21-30-26-40(35)43-34-24-20-28-10-9-16-36(38(28)27-34)37-15-7-8-17-39(37)41-30/h1-27,41H. The third-order valence-electron chi connectivity index (χ3n) is 8.02. The minimum Gasteiger partial charge on any atom is -0.355 e. The number of H-pyrrole nitrogens is 1. The summed E-state index contributed by atoms with van der Waals surface area (Å²) in [6.07, 6.45) is 0. The van der Waals surface area contributed by atoms with Crippen molar-refractivity contribution in [1.82, 2.24) is 4.98 Å². The number of anilines is 3. The van der Waals surface area contributed by atoms with Crippen LogP contribution in [0.2, 0.25) is 0 Å². The zero-order valence-corrected chi connectivity index (χ0v) is 24.3. The lowest BCUT2D eigenvalue weighted by Gasteiger charge is -2.25. The minimum atomic E-state index is 1.08. The summed E-state index contributed by atoms with van der Waals surface area (Å²) in [5, 5.41) is 4.97. The number of benzene rings is 7. The Morgan fingerprint density at radius 2 is 1.14 bits per heavy atom. The molecule has 1 heterocycles. The van der Waals surface area contributed by atoms with E-state index in [1.807, 2.05) is 11.3 Å². The Hall–Kier alpha value is -5.38. The number of aromatic amines is 1. The van der Waals surface area contributed by atoms with E-state index in [0.717, 1.165) is 28.1 Å². The van der Waals surface area contributed by atoms with Gasteiger partial charge in [0.1, 0.15) is 0 Å². The van der Waals surface area contributed by atoms with Crippen LogP contribution in [0.15, 0.2) is 164 Å². The Balaban J connectivity index is 1.32. The molecule has 8 aromatic rings. The largest absolute Gasteiger partial charge is 0.355 e. The topological polar surface area (TPSA) is 19.0 Å². The molecule has 3 heteroatoms. The first-order valence-corrected chi connectivity index (χ1v) is 15.3. The van der Waals surface area contributed by atoms with Crippen LogP contribution in [0.5, 0.6) is 0 Å². The molecule has 0 atom stereocenters. The molecule has 2 nitrogen and oxygen atoms in total. The fourth-order valence-corrected chi connectivity index (χ4v) is 7.02. The van der Waals surface area contributed by atoms with Crippen molar-refractivity contribution in [3.05, 3.63) is 164 Å². The van der Waals surface area contributed by atoms with Crippen molar-refractivity contribution in [2.75, 3.05) is 4.90 Å². The first kappa shape index (κ1) is 25.3. The van der Waals surface area contributed by atoms with Gasteiger partial charge in [0.25, 0.3) is 0 Å². The highest BCUT2D eigenvalue weighted by Gasteiger charge is 2.12. The summed E-state index contributed by atoms with van der Waals surface area (Å²) in [7, 11) is 0. The molecule has 1 aromatic heterocycles. The second kappa shape index (κ2) is 10.8. The van der Waals surface area contributed by atoms with E-state index in [9.17, 15) is 0 Å². The molecule has 1 N–H and O–H groups in total. The molecule has 0 unspecified atom stereocenters. The van der Waals surface area contributed by atoms with Crippen LogP contribution in [0.4, 0.5) is 17.1 Å². The Morgan fingerprint density at radius 1 is 0.465 bits per heavy atom. The Bertz CT molecular complexity index is 2240. The molecule has 0 saturated heterocycles. The third-order valence-corrected chi connectivity index (χ3v) is 9.07. The molecule has 0 fully saturated rings. The van der Waals surface area contributed by atoms with Gasteiger partial charge < -0.3 is 9.88 Å². The molecule has 7 aromatic carbocycles. The molecular weight excluding hydrogens is 541 g/mol. The summed E-state index contributed by atoms with van der Waals surface area (Å²) in [6, 6.07) is 58.7. The van der Waals surface area contributed by atoms with Crippen LogP contribution in [0.25, 0.3) is 53.1 Å². The second-order valence-corrected chi connectivity index (χ2v) is 11.8. The van der Waals surface area contributed by atoms with Crippen LogP contribution in [0, 0.1) is 0 Å². The summed E-state index contributed by atoms with van der Waals surface area (Å²) in [6.45, 7) is 0. The van der Waals surface area contributed by atoms with Crippen molar-refractivity contribution in [3.8, 4) is 11.1 Å². The summed E-state index contributed by atoms with van der Waals surface area (Å²) < 4.78 is 2.45. The number of rotatable bonds is 4. The monoisotopic (exact) mass is 568 g/mol. The average molecular weight is 569 g/mol. The quantitative estimate of drug-likeness (QED) is 0.224. The molecular formula is C40H28N2S. The van der Waals surface area contributed by atoms with Gasteiger partial charge in [-0.15, -0.1) is 11.3 Å². The van der Waals surface area contributed by atoms with Gasteiger partial charge in [-0.25, -0.2) is 0 Å². The molecule has 0 radical (unpaired) electrons. The van der Waals surface area contributed by atoms with Crippen molar-refractivity contribution < 1.29 is 0 Å². The predicted molar refractivity (Wildman–Crippen MR) is 186 cm³/mol. The van der Waals surface area contributed by atoms with Crippen molar-refractivity contribution in [2.45, 2.75) is 0 Å². The fourth-order valence-electron chi connectivity index (χ4n) is 5.97. The molecule has 0 amide bonds. The van der Waals surface area contributed by atoms with Gasteiger partial charge in [-0.1, -0.05) is 97.1 Å². The van der Waals surface area contributed by atoms with E-state index in [2.05, 4.69) is 174 Å². The number of hydrogen-bond acceptors (Lipinski definition) is 2. The van der Waals surface area contributed by atoms with Gasteiger partial charge in [-0.05, 0) is 94.0 Å². The number of nitrogens with zero attached hydrogens (tertiary/aromatic N) is 1. The highest BCUT2D eigenvalue weighted by Crippen LogP contribution is 2.37. The van der Waals surface area contributed by atoms with E-state index in [0.29, 0.717) is 0 Å². The van der Waals surface area contributed by atoms with Crippen LogP contribution in [0.1, 0.15) is 0 Å². The lowest BCUT2D eigenvalue weighted by atomic mass is 10.0. The first-order chi connectivity index (χ1) is 21.3. The van der Waals surface area contributed by atoms with Gasteiger partial charge >= 0.3 is 0 Å². The van der Waals surface area contributed by atoms with Gasteiger partial charge in [-0.2, -0.15) is 0 Å². The van der Waals surface area contributed by atoms with E-state index in [1.165, 1.54) is 42.1 Å². The van der Waals surface area contributed by atoms with Gasteiger partial charge in [0.2, 0.25) is 0 Å². The van der Waals surface area contributed by atoms with Gasteiger partial charge in [0, 0.05) is 42.9 Å². The molecule has 204 valence electrons. The summed E-state index contributed by atoms with van der Waals surface area (Å²) in [4.78, 5) is 6.03. The van der Waals surface area contributed by atoms with E-state index >= 15 is 0 Å². The smallest absolute Gasteiger partial charge is 0.0464 e. The number of aromatic nitrogens is 1. The van der Waals surface area contributed by atoms with E-state index in [1.54, 1.807) is 0 Å². The van der Waals surface area contributed by atoms with E-state index < -0.39 is 0 Å². The first-order valence-electron chi connectivity index (χ1n) is 14.5. The minimum absolute atomic E-state index is 1.08. The molecule has 0 saturated carbocycles. The predicted octanol–water partition coefficient (Wildman–Crippen LogP) is 12.0. The van der Waals surface area contributed by atoms with Crippen LogP contribution in [0.3, 0.4) is 0 Å². The summed E-state index contributed by atoms with van der Waals surface area (Å²) in [5.74, 6) is 0. The lowest BCUT2D eigenvalue weighted by Crippen LogP contribution is -2.09. The summed E-state index contributed by atoms with van der Waals surface area (Å²) in [5.41, 5.74) is 7.99. The zero-order chi connectivity index (χ0) is 28.6. The average Bonchev–Trinajstić information content (AvgIpc) is 3.08. The maximum atomic E-state index is 3.73. The van der Waals surface area contributed by atoms with Crippen molar-refractivity contribution in [1.29, 1.82) is 0 Å². The maximum absolute atomic E-state index is 3.73. The normalized spacial score (nSPS) is 11.3. The number of nitrogens with one attached hydrogen (secondary N) is 1. The molecule has 8 rings (SSSR count). The Labute approximate surface area is 254 Å². The molecule has 43 heavy (non-hydrogen) atoms.